The van der Waals surface area contributed by atoms with Crippen LogP contribution < -0.4 is 4.74 Å². The first-order valence-corrected chi connectivity index (χ1v) is 11.4. The largest absolute Gasteiger partial charge is 0.496 e. The highest BCUT2D eigenvalue weighted by atomic mass is 32.2. The van der Waals surface area contributed by atoms with Crippen LogP contribution >= 0.6 is 0 Å². The van der Waals surface area contributed by atoms with E-state index in [0.29, 0.717) is 31.1 Å². The topological polar surface area (TPSA) is 90.5 Å². The van der Waals surface area contributed by atoms with Gasteiger partial charge in [0.05, 0.1) is 19.0 Å². The van der Waals surface area contributed by atoms with E-state index in [-0.39, 0.29) is 10.8 Å². The molecule has 9 heteroatoms. The molecule has 1 saturated heterocycles. The third-order valence-corrected chi connectivity index (χ3v) is 7.42. The van der Waals surface area contributed by atoms with E-state index in [9.17, 15) is 8.42 Å². The Morgan fingerprint density at radius 1 is 1.30 bits per heavy atom. The van der Waals surface area contributed by atoms with Crippen molar-refractivity contribution in [1.29, 1.82) is 0 Å². The molecule has 0 N–H and O–H groups in total. The van der Waals surface area contributed by atoms with Crippen molar-refractivity contribution < 1.29 is 17.6 Å². The molecule has 0 amide bonds. The predicted octanol–water partition coefficient (Wildman–Crippen LogP) is 2.88. The highest BCUT2D eigenvalue weighted by molar-refractivity contribution is 7.89. The summed E-state index contributed by atoms with van der Waals surface area (Å²) in [6.45, 7) is 2.56. The number of piperidine rings is 1. The number of rotatable bonds is 6. The minimum atomic E-state index is -3.60. The first-order chi connectivity index (χ1) is 14.4. The van der Waals surface area contributed by atoms with Gasteiger partial charge in [0.15, 0.2) is 5.89 Å². The number of nitrogens with zero attached hydrogens (tertiary/aromatic N) is 4. The number of aryl methyl sites for hydroxylation is 2. The summed E-state index contributed by atoms with van der Waals surface area (Å²) in [4.78, 5) is 4.72. The maximum atomic E-state index is 13.1. The van der Waals surface area contributed by atoms with Crippen LogP contribution in [0.4, 0.5) is 0 Å². The van der Waals surface area contributed by atoms with Crippen LogP contribution in [-0.4, -0.2) is 47.7 Å². The summed E-state index contributed by atoms with van der Waals surface area (Å²) >= 11 is 0. The van der Waals surface area contributed by atoms with E-state index >= 15 is 0 Å². The van der Waals surface area contributed by atoms with Crippen molar-refractivity contribution in [1.82, 2.24) is 19.1 Å². The lowest BCUT2D eigenvalue weighted by atomic mass is 10.00. The minimum Gasteiger partial charge on any atom is -0.496 e. The molecule has 1 unspecified atom stereocenters. The van der Waals surface area contributed by atoms with Gasteiger partial charge in [-0.2, -0.15) is 9.40 Å². The number of hydrogen-bond acceptors (Lipinski definition) is 6. The van der Waals surface area contributed by atoms with E-state index in [0.717, 1.165) is 29.9 Å². The number of para-hydroxylation sites is 1. The van der Waals surface area contributed by atoms with Crippen LogP contribution in [0, 0.1) is 6.92 Å². The van der Waals surface area contributed by atoms with Gasteiger partial charge in [-0.15, -0.1) is 0 Å². The molecule has 30 heavy (non-hydrogen) atoms. The Hall–Kier alpha value is -2.65. The minimum absolute atomic E-state index is 0.0723. The van der Waals surface area contributed by atoms with Gasteiger partial charge in [-0.3, -0.25) is 4.68 Å². The highest BCUT2D eigenvalue weighted by Gasteiger charge is 2.34. The SMILES string of the molecule is COc1ccccc1Cc1cnc(C2CCCN(S(=O)(=O)c3cn(C)nc3C)C2)o1. The summed E-state index contributed by atoms with van der Waals surface area (Å²) in [6.07, 6.45) is 5.45. The summed E-state index contributed by atoms with van der Waals surface area (Å²) in [5.41, 5.74) is 1.53. The van der Waals surface area contributed by atoms with Gasteiger partial charge in [0, 0.05) is 44.2 Å². The Balaban J connectivity index is 1.51. The summed E-state index contributed by atoms with van der Waals surface area (Å²) in [5, 5.41) is 4.18. The van der Waals surface area contributed by atoms with Crippen molar-refractivity contribution in [2.75, 3.05) is 20.2 Å². The van der Waals surface area contributed by atoms with Crippen molar-refractivity contribution in [2.24, 2.45) is 7.05 Å². The fourth-order valence-corrected chi connectivity index (χ4v) is 5.69. The number of benzene rings is 1. The molecule has 3 heterocycles. The zero-order chi connectivity index (χ0) is 21.3. The molecule has 1 aliphatic rings. The Morgan fingerprint density at radius 3 is 2.83 bits per heavy atom. The average molecular weight is 431 g/mol. The molecule has 0 radical (unpaired) electrons. The summed E-state index contributed by atoms with van der Waals surface area (Å²) < 4.78 is 40.7. The van der Waals surface area contributed by atoms with Crippen LogP contribution in [0.1, 0.15) is 41.7 Å². The maximum absolute atomic E-state index is 13.1. The van der Waals surface area contributed by atoms with Gasteiger partial charge < -0.3 is 9.15 Å². The van der Waals surface area contributed by atoms with E-state index in [4.69, 9.17) is 9.15 Å². The fourth-order valence-electron chi connectivity index (χ4n) is 3.96. The van der Waals surface area contributed by atoms with Crippen LogP contribution in [0.2, 0.25) is 0 Å². The van der Waals surface area contributed by atoms with E-state index in [1.807, 2.05) is 24.3 Å². The standard InChI is InChI=1S/C21H26N4O4S/c1-15-20(14-24(2)23-15)30(26,27)25-10-6-8-17(13-25)21-22-12-18(29-21)11-16-7-4-5-9-19(16)28-3/h4-5,7,9,12,14,17H,6,8,10-11,13H2,1-3H3. The molecular weight excluding hydrogens is 404 g/mol. The van der Waals surface area contributed by atoms with Gasteiger partial charge >= 0.3 is 0 Å². The number of aromatic nitrogens is 3. The van der Waals surface area contributed by atoms with E-state index < -0.39 is 10.0 Å². The maximum Gasteiger partial charge on any atom is 0.246 e. The molecule has 1 aliphatic heterocycles. The Bertz CT molecular complexity index is 1140. The van der Waals surface area contributed by atoms with E-state index in [2.05, 4.69) is 10.1 Å². The zero-order valence-corrected chi connectivity index (χ0v) is 18.2. The molecule has 0 aliphatic carbocycles. The Kier molecular flexibility index (Phi) is 5.66. The third kappa shape index (κ3) is 3.99. The monoisotopic (exact) mass is 430 g/mol. The Morgan fingerprint density at radius 2 is 2.10 bits per heavy atom. The Labute approximate surface area is 176 Å². The molecule has 2 aromatic heterocycles. The molecule has 1 fully saturated rings. The molecule has 3 aromatic rings. The van der Waals surface area contributed by atoms with Gasteiger partial charge in [0.1, 0.15) is 16.4 Å². The van der Waals surface area contributed by atoms with Gasteiger partial charge in [0.2, 0.25) is 10.0 Å². The van der Waals surface area contributed by atoms with Crippen LogP contribution in [0.25, 0.3) is 0 Å². The lowest BCUT2D eigenvalue weighted by Crippen LogP contribution is -2.39. The van der Waals surface area contributed by atoms with E-state index in [1.165, 1.54) is 8.99 Å². The second kappa shape index (κ2) is 8.23. The van der Waals surface area contributed by atoms with Crippen molar-refractivity contribution in [3.63, 3.8) is 0 Å². The quantitative estimate of drug-likeness (QED) is 0.597. The van der Waals surface area contributed by atoms with Crippen molar-refractivity contribution >= 4 is 10.0 Å². The van der Waals surface area contributed by atoms with Crippen LogP contribution in [0.3, 0.4) is 0 Å². The molecule has 1 atom stereocenters. The first-order valence-electron chi connectivity index (χ1n) is 9.95. The molecule has 8 nitrogen and oxygen atoms in total. The first kappa shape index (κ1) is 20.6. The van der Waals surface area contributed by atoms with Crippen LogP contribution in [0.15, 0.2) is 46.0 Å². The van der Waals surface area contributed by atoms with Crippen molar-refractivity contribution in [2.45, 2.75) is 37.0 Å². The second-order valence-corrected chi connectivity index (χ2v) is 9.51. The van der Waals surface area contributed by atoms with Crippen molar-refractivity contribution in [3.05, 3.63) is 59.6 Å². The molecule has 4 rings (SSSR count). The lowest BCUT2D eigenvalue weighted by Gasteiger charge is -2.30. The molecule has 0 spiro atoms. The predicted molar refractivity (Wildman–Crippen MR) is 111 cm³/mol. The summed E-state index contributed by atoms with van der Waals surface area (Å²) in [6, 6.07) is 7.79. The highest BCUT2D eigenvalue weighted by Crippen LogP contribution is 2.31. The number of ether oxygens (including phenoxy) is 1. The van der Waals surface area contributed by atoms with Crippen LogP contribution in [-0.2, 0) is 23.5 Å². The molecule has 160 valence electrons. The third-order valence-electron chi connectivity index (χ3n) is 5.45. The van der Waals surface area contributed by atoms with Gasteiger partial charge in [0.25, 0.3) is 0 Å². The normalized spacial score (nSPS) is 17.9. The molecular formula is C21H26N4O4S. The fraction of sp³-hybridized carbons (Fsp3) is 0.429. The van der Waals surface area contributed by atoms with Crippen LogP contribution in [0.5, 0.6) is 5.75 Å². The smallest absolute Gasteiger partial charge is 0.246 e. The second-order valence-electron chi connectivity index (χ2n) is 7.61. The number of hydrogen-bond donors (Lipinski definition) is 0. The van der Waals surface area contributed by atoms with E-state index in [1.54, 1.807) is 33.5 Å². The van der Waals surface area contributed by atoms with Crippen molar-refractivity contribution in [3.8, 4) is 5.75 Å². The summed E-state index contributed by atoms with van der Waals surface area (Å²) in [5.74, 6) is 2.05. The molecule has 0 saturated carbocycles. The zero-order valence-electron chi connectivity index (χ0n) is 17.4. The number of oxazole rings is 1. The summed E-state index contributed by atoms with van der Waals surface area (Å²) in [7, 11) is -0.232. The number of sulfonamides is 1. The van der Waals surface area contributed by atoms with Gasteiger partial charge in [-0.25, -0.2) is 13.4 Å². The number of methoxy groups -OCH3 is 1. The van der Waals surface area contributed by atoms with Gasteiger partial charge in [-0.05, 0) is 25.8 Å². The molecule has 0 bridgehead atoms. The molecule has 1 aromatic carbocycles. The average Bonchev–Trinajstić information content (AvgIpc) is 3.34. The van der Waals surface area contributed by atoms with Gasteiger partial charge in [-0.1, -0.05) is 18.2 Å². The lowest BCUT2D eigenvalue weighted by molar-refractivity contribution is 0.281.